The second-order valence-corrected chi connectivity index (χ2v) is 8.64. The number of hydrogen-bond donors (Lipinski definition) is 1. The van der Waals surface area contributed by atoms with E-state index in [9.17, 15) is 0 Å². The molecular weight excluding hydrogens is 292 g/mol. The molecule has 0 aliphatic carbocycles. The topological polar surface area (TPSA) is 15.3 Å². The van der Waals surface area contributed by atoms with Crippen molar-refractivity contribution >= 4 is 5.69 Å². The Hall–Kier alpha value is -1.28. The number of rotatable bonds is 6. The van der Waals surface area contributed by atoms with Crippen LogP contribution >= 0.6 is 0 Å². The van der Waals surface area contributed by atoms with Crippen molar-refractivity contribution in [1.82, 2.24) is 5.32 Å². The molecule has 1 saturated heterocycles. The van der Waals surface area contributed by atoms with E-state index in [4.69, 9.17) is 0 Å². The fraction of sp³-hybridized carbons (Fsp3) is 0.636. The van der Waals surface area contributed by atoms with Crippen LogP contribution in [0.5, 0.6) is 0 Å². The first kappa shape index (κ1) is 19.1. The third kappa shape index (κ3) is 6.32. The lowest BCUT2D eigenvalue weighted by atomic mass is 9.88. The van der Waals surface area contributed by atoms with Gasteiger partial charge in [-0.25, -0.2) is 0 Å². The molecule has 2 rings (SSSR count). The molecule has 1 aromatic rings. The highest BCUT2D eigenvalue weighted by Gasteiger charge is 2.20. The van der Waals surface area contributed by atoms with Crippen molar-refractivity contribution in [3.8, 4) is 0 Å². The zero-order valence-electron chi connectivity index (χ0n) is 16.4. The summed E-state index contributed by atoms with van der Waals surface area (Å²) < 4.78 is 0. The molecule has 0 aromatic heterocycles. The van der Waals surface area contributed by atoms with Gasteiger partial charge in [-0.2, -0.15) is 0 Å². The molecule has 0 amide bonds. The molecule has 0 radical (unpaired) electrons. The zero-order chi connectivity index (χ0) is 17.6. The van der Waals surface area contributed by atoms with Gasteiger partial charge in [0.15, 0.2) is 0 Å². The van der Waals surface area contributed by atoms with Gasteiger partial charge in [0.2, 0.25) is 0 Å². The Morgan fingerprint density at radius 1 is 1.12 bits per heavy atom. The summed E-state index contributed by atoms with van der Waals surface area (Å²) in [4.78, 5) is 2.60. The van der Waals surface area contributed by atoms with Crippen molar-refractivity contribution < 1.29 is 0 Å². The number of allylic oxidation sites excluding steroid dienone is 1. The van der Waals surface area contributed by atoms with Gasteiger partial charge in [0.05, 0.1) is 0 Å². The van der Waals surface area contributed by atoms with E-state index in [2.05, 4.69) is 75.2 Å². The van der Waals surface area contributed by atoms with Crippen molar-refractivity contribution in [2.75, 3.05) is 24.5 Å². The van der Waals surface area contributed by atoms with Gasteiger partial charge >= 0.3 is 0 Å². The molecule has 1 aromatic carbocycles. The van der Waals surface area contributed by atoms with Crippen LogP contribution < -0.4 is 10.2 Å². The number of piperidine rings is 1. The minimum Gasteiger partial charge on any atom is -0.365 e. The molecule has 1 fully saturated rings. The summed E-state index contributed by atoms with van der Waals surface area (Å²) >= 11 is 0. The van der Waals surface area contributed by atoms with E-state index in [-0.39, 0.29) is 0 Å². The minimum absolute atomic E-state index is 0.406. The molecule has 0 saturated carbocycles. The highest BCUT2D eigenvalue weighted by atomic mass is 15.2. The predicted molar refractivity (Wildman–Crippen MR) is 107 cm³/mol. The minimum atomic E-state index is 0.406. The third-order valence-electron chi connectivity index (χ3n) is 4.88. The SMILES string of the molecule is CC(C)=CCN(c1ccc(CCC(C)(C)C)cc1)C1CCNCC1. The number of nitrogens with zero attached hydrogens (tertiary/aromatic N) is 1. The van der Waals surface area contributed by atoms with Crippen LogP contribution in [0.3, 0.4) is 0 Å². The Kier molecular flexibility index (Phi) is 6.91. The maximum atomic E-state index is 3.48. The molecule has 1 aliphatic rings. The molecule has 24 heavy (non-hydrogen) atoms. The molecular formula is C22H36N2. The summed E-state index contributed by atoms with van der Waals surface area (Å²) in [6, 6.07) is 9.98. The van der Waals surface area contributed by atoms with E-state index < -0.39 is 0 Å². The van der Waals surface area contributed by atoms with Crippen LogP contribution in [0.2, 0.25) is 0 Å². The average Bonchev–Trinajstić information content (AvgIpc) is 2.54. The smallest absolute Gasteiger partial charge is 0.0371 e. The first-order valence-corrected chi connectivity index (χ1v) is 9.55. The first-order valence-electron chi connectivity index (χ1n) is 9.55. The Morgan fingerprint density at radius 2 is 1.75 bits per heavy atom. The van der Waals surface area contributed by atoms with E-state index in [0.29, 0.717) is 11.5 Å². The van der Waals surface area contributed by atoms with Gasteiger partial charge in [-0.05, 0) is 75.7 Å². The quantitative estimate of drug-likeness (QED) is 0.723. The van der Waals surface area contributed by atoms with Crippen molar-refractivity contribution in [2.45, 2.75) is 66.3 Å². The van der Waals surface area contributed by atoms with Crippen molar-refractivity contribution in [2.24, 2.45) is 5.41 Å². The van der Waals surface area contributed by atoms with Gasteiger partial charge in [-0.15, -0.1) is 0 Å². The normalized spacial score (nSPS) is 16.0. The third-order valence-corrected chi connectivity index (χ3v) is 4.88. The van der Waals surface area contributed by atoms with Crippen LogP contribution in [0.15, 0.2) is 35.9 Å². The second kappa shape index (κ2) is 8.71. The Bertz CT molecular complexity index is 512. The summed E-state index contributed by atoms with van der Waals surface area (Å²) in [7, 11) is 0. The lowest BCUT2D eigenvalue weighted by molar-refractivity contribution is 0.378. The molecule has 0 bridgehead atoms. The fourth-order valence-electron chi connectivity index (χ4n) is 3.24. The molecule has 2 nitrogen and oxygen atoms in total. The summed E-state index contributed by atoms with van der Waals surface area (Å²) in [6.07, 6.45) is 7.24. The van der Waals surface area contributed by atoms with Crippen LogP contribution in [0.25, 0.3) is 0 Å². The largest absolute Gasteiger partial charge is 0.365 e. The van der Waals surface area contributed by atoms with Gasteiger partial charge in [-0.3, -0.25) is 0 Å². The van der Waals surface area contributed by atoms with Gasteiger partial charge < -0.3 is 10.2 Å². The molecule has 1 N–H and O–H groups in total. The lowest BCUT2D eigenvalue weighted by Gasteiger charge is -2.36. The first-order chi connectivity index (χ1) is 11.3. The standard InChI is InChI=1S/C22H36N2/c1-18(2)13-17-24(21-11-15-23-16-12-21)20-8-6-19(7-9-20)10-14-22(3,4)5/h6-9,13,21,23H,10-12,14-17H2,1-5H3. The Labute approximate surface area is 149 Å². The Balaban J connectivity index is 2.08. The van der Waals surface area contributed by atoms with Crippen LogP contribution in [-0.2, 0) is 6.42 Å². The van der Waals surface area contributed by atoms with E-state index >= 15 is 0 Å². The van der Waals surface area contributed by atoms with Crippen LogP contribution in [0, 0.1) is 5.41 Å². The molecule has 2 heteroatoms. The summed E-state index contributed by atoms with van der Waals surface area (Å²) in [6.45, 7) is 14.6. The van der Waals surface area contributed by atoms with Gasteiger partial charge in [-0.1, -0.05) is 44.6 Å². The van der Waals surface area contributed by atoms with Crippen LogP contribution in [-0.4, -0.2) is 25.7 Å². The number of hydrogen-bond acceptors (Lipinski definition) is 2. The zero-order valence-corrected chi connectivity index (χ0v) is 16.4. The van der Waals surface area contributed by atoms with Gasteiger partial charge in [0.25, 0.3) is 0 Å². The molecule has 0 atom stereocenters. The monoisotopic (exact) mass is 328 g/mol. The van der Waals surface area contributed by atoms with Crippen molar-refractivity contribution in [3.05, 3.63) is 41.5 Å². The average molecular weight is 329 g/mol. The highest BCUT2D eigenvalue weighted by Crippen LogP contribution is 2.25. The molecule has 1 heterocycles. The van der Waals surface area contributed by atoms with E-state index in [1.54, 1.807) is 0 Å². The number of benzene rings is 1. The number of aryl methyl sites for hydroxylation is 1. The summed E-state index contributed by atoms with van der Waals surface area (Å²) in [5, 5.41) is 3.48. The predicted octanol–water partition coefficient (Wildman–Crippen LogP) is 5.19. The van der Waals surface area contributed by atoms with Crippen molar-refractivity contribution in [3.63, 3.8) is 0 Å². The highest BCUT2D eigenvalue weighted by molar-refractivity contribution is 5.49. The fourth-order valence-corrected chi connectivity index (χ4v) is 3.24. The van der Waals surface area contributed by atoms with Crippen LogP contribution in [0.1, 0.15) is 59.4 Å². The molecule has 0 spiro atoms. The van der Waals surface area contributed by atoms with Crippen LogP contribution in [0.4, 0.5) is 5.69 Å². The maximum absolute atomic E-state index is 3.48. The lowest BCUT2D eigenvalue weighted by Crippen LogP contribution is -2.43. The summed E-state index contributed by atoms with van der Waals surface area (Å²) in [5.74, 6) is 0. The van der Waals surface area contributed by atoms with E-state index in [1.165, 1.54) is 42.5 Å². The van der Waals surface area contributed by atoms with E-state index in [1.807, 2.05) is 0 Å². The number of anilines is 1. The van der Waals surface area contributed by atoms with Crippen molar-refractivity contribution in [1.29, 1.82) is 0 Å². The summed E-state index contributed by atoms with van der Waals surface area (Å²) in [5.41, 5.74) is 4.64. The van der Waals surface area contributed by atoms with Gasteiger partial charge in [0, 0.05) is 18.3 Å². The molecule has 0 unspecified atom stereocenters. The van der Waals surface area contributed by atoms with E-state index in [0.717, 1.165) is 19.6 Å². The molecule has 1 aliphatic heterocycles. The second-order valence-electron chi connectivity index (χ2n) is 8.64. The molecule has 134 valence electrons. The Morgan fingerprint density at radius 3 is 2.29 bits per heavy atom. The van der Waals surface area contributed by atoms with Gasteiger partial charge in [0.1, 0.15) is 0 Å². The maximum Gasteiger partial charge on any atom is 0.0371 e. The number of nitrogens with one attached hydrogen (secondary N) is 1.